The smallest absolute Gasteiger partial charge is 0.226 e. The lowest BCUT2D eigenvalue weighted by Gasteiger charge is -2.05. The van der Waals surface area contributed by atoms with Gasteiger partial charge in [-0.25, -0.2) is 17.8 Å². The highest BCUT2D eigenvalue weighted by Gasteiger charge is 2.16. The Morgan fingerprint density at radius 3 is 2.29 bits per heavy atom. The van der Waals surface area contributed by atoms with Crippen LogP contribution >= 0.6 is 11.3 Å². The molecule has 0 aliphatic rings. The minimum Gasteiger partial charge on any atom is -0.302 e. The van der Waals surface area contributed by atoms with Gasteiger partial charge in [-0.2, -0.15) is 0 Å². The highest BCUT2D eigenvalue weighted by molar-refractivity contribution is 7.91. The van der Waals surface area contributed by atoms with E-state index in [9.17, 15) is 17.6 Å². The quantitative estimate of drug-likeness (QED) is 0.301. The van der Waals surface area contributed by atoms with Gasteiger partial charge in [0.15, 0.2) is 15.0 Å². The van der Waals surface area contributed by atoms with E-state index in [4.69, 9.17) is 0 Å². The van der Waals surface area contributed by atoms with Gasteiger partial charge in [0.05, 0.1) is 16.3 Å². The molecule has 0 radical (unpaired) electrons. The normalized spacial score (nSPS) is 11.3. The van der Waals surface area contributed by atoms with E-state index in [-0.39, 0.29) is 29.4 Å². The van der Waals surface area contributed by atoms with Crippen LogP contribution in [-0.4, -0.2) is 25.1 Å². The number of carbonyl (C=O) groups is 1. The van der Waals surface area contributed by atoms with Crippen molar-refractivity contribution in [3.05, 3.63) is 101 Å². The number of nitrogens with one attached hydrogen (secondary N) is 1. The maximum Gasteiger partial charge on any atom is 0.226 e. The molecule has 4 rings (SSSR count). The van der Waals surface area contributed by atoms with E-state index in [1.807, 2.05) is 35.7 Å². The lowest BCUT2D eigenvalue weighted by Crippen LogP contribution is -2.14. The topological polar surface area (TPSA) is 76.1 Å². The summed E-state index contributed by atoms with van der Waals surface area (Å²) in [6.07, 6.45) is 1.06. The van der Waals surface area contributed by atoms with Gasteiger partial charge in [0.1, 0.15) is 5.82 Å². The van der Waals surface area contributed by atoms with Crippen molar-refractivity contribution >= 4 is 32.2 Å². The zero-order chi connectivity index (χ0) is 24.0. The Labute approximate surface area is 202 Å². The van der Waals surface area contributed by atoms with Gasteiger partial charge in [-0.05, 0) is 48.2 Å². The van der Waals surface area contributed by atoms with Crippen LogP contribution in [0.3, 0.4) is 0 Å². The maximum atomic E-state index is 13.0. The Morgan fingerprint density at radius 2 is 1.59 bits per heavy atom. The highest BCUT2D eigenvalue weighted by atomic mass is 32.2. The van der Waals surface area contributed by atoms with Crippen molar-refractivity contribution in [3.8, 4) is 11.3 Å². The Morgan fingerprint density at radius 1 is 0.912 bits per heavy atom. The summed E-state index contributed by atoms with van der Waals surface area (Å²) in [5, 5.41) is 5.08. The summed E-state index contributed by atoms with van der Waals surface area (Å²) in [6, 6.07) is 23.1. The molecule has 1 heterocycles. The fraction of sp³-hybridized carbons (Fsp3) is 0.154. The predicted molar refractivity (Wildman–Crippen MR) is 133 cm³/mol. The SMILES string of the molecule is O=C(CCCS(=O)(=O)c1ccc(F)cc1)Nc1nc(-c2ccc(Cc3ccccc3)cc2)cs1. The molecule has 3 aromatic carbocycles. The Balaban J connectivity index is 1.28. The first-order valence-electron chi connectivity index (χ1n) is 10.8. The van der Waals surface area contributed by atoms with Gasteiger partial charge in [-0.1, -0.05) is 54.6 Å². The number of sulfone groups is 1. The molecule has 0 atom stereocenters. The van der Waals surface area contributed by atoms with Crippen LogP contribution in [0.1, 0.15) is 24.0 Å². The minimum atomic E-state index is -3.56. The van der Waals surface area contributed by atoms with Gasteiger partial charge in [-0.3, -0.25) is 4.79 Å². The monoisotopic (exact) mass is 494 g/mol. The van der Waals surface area contributed by atoms with Crippen LogP contribution in [0.2, 0.25) is 0 Å². The number of aromatic nitrogens is 1. The van der Waals surface area contributed by atoms with E-state index in [0.29, 0.717) is 5.13 Å². The fourth-order valence-electron chi connectivity index (χ4n) is 3.45. The second-order valence-electron chi connectivity index (χ2n) is 7.82. The van der Waals surface area contributed by atoms with E-state index in [1.165, 1.54) is 34.6 Å². The van der Waals surface area contributed by atoms with E-state index < -0.39 is 15.7 Å². The standard InChI is InChI=1S/C26H23FN2O3S2/c27-22-12-14-23(15-13-22)34(31,32)16-4-7-25(30)29-26-28-24(18-33-26)21-10-8-20(9-11-21)17-19-5-2-1-3-6-19/h1-3,5-6,8-15,18H,4,7,16-17H2,(H,28,29,30). The van der Waals surface area contributed by atoms with Crippen molar-refractivity contribution < 1.29 is 17.6 Å². The number of nitrogens with zero attached hydrogens (tertiary/aromatic N) is 1. The molecule has 0 saturated heterocycles. The largest absolute Gasteiger partial charge is 0.302 e. The molecule has 0 spiro atoms. The summed E-state index contributed by atoms with van der Waals surface area (Å²) in [5.74, 6) is -0.984. The van der Waals surface area contributed by atoms with Crippen LogP contribution < -0.4 is 5.32 Å². The van der Waals surface area contributed by atoms with Crippen LogP contribution in [0.25, 0.3) is 11.3 Å². The number of rotatable bonds is 9. The molecular weight excluding hydrogens is 471 g/mol. The average Bonchev–Trinajstić information content (AvgIpc) is 3.29. The molecule has 5 nitrogen and oxygen atoms in total. The van der Waals surface area contributed by atoms with E-state index in [0.717, 1.165) is 29.8 Å². The van der Waals surface area contributed by atoms with Crippen LogP contribution in [0.5, 0.6) is 0 Å². The number of carbonyl (C=O) groups excluding carboxylic acids is 1. The third-order valence-corrected chi connectivity index (χ3v) is 7.82. The van der Waals surface area contributed by atoms with Crippen molar-refractivity contribution in [2.45, 2.75) is 24.2 Å². The Kier molecular flexibility index (Phi) is 7.49. The van der Waals surface area contributed by atoms with Gasteiger partial charge in [0.2, 0.25) is 5.91 Å². The van der Waals surface area contributed by atoms with Gasteiger partial charge in [0.25, 0.3) is 0 Å². The second kappa shape index (κ2) is 10.7. The lowest BCUT2D eigenvalue weighted by molar-refractivity contribution is -0.116. The van der Waals surface area contributed by atoms with Gasteiger partial charge in [-0.15, -0.1) is 11.3 Å². The van der Waals surface area contributed by atoms with Crippen molar-refractivity contribution in [2.24, 2.45) is 0 Å². The second-order valence-corrected chi connectivity index (χ2v) is 10.8. The number of benzene rings is 3. The van der Waals surface area contributed by atoms with Crippen molar-refractivity contribution in [3.63, 3.8) is 0 Å². The molecule has 8 heteroatoms. The van der Waals surface area contributed by atoms with E-state index >= 15 is 0 Å². The Hall–Kier alpha value is -3.36. The summed E-state index contributed by atoms with van der Waals surface area (Å²) in [7, 11) is -3.56. The molecule has 0 fully saturated rings. The molecule has 174 valence electrons. The number of amides is 1. The minimum absolute atomic E-state index is 0.0452. The molecule has 34 heavy (non-hydrogen) atoms. The summed E-state index contributed by atoms with van der Waals surface area (Å²) in [5.41, 5.74) is 4.18. The van der Waals surface area contributed by atoms with Crippen molar-refractivity contribution in [1.29, 1.82) is 0 Å². The zero-order valence-electron chi connectivity index (χ0n) is 18.3. The summed E-state index contributed by atoms with van der Waals surface area (Å²) >= 11 is 1.32. The molecule has 0 bridgehead atoms. The van der Waals surface area contributed by atoms with Crippen molar-refractivity contribution in [1.82, 2.24) is 4.98 Å². The molecule has 1 N–H and O–H groups in total. The summed E-state index contributed by atoms with van der Waals surface area (Å²) < 4.78 is 37.6. The molecular formula is C26H23FN2O3S2. The lowest BCUT2D eigenvalue weighted by atomic mass is 10.0. The van der Waals surface area contributed by atoms with Crippen LogP contribution in [0.15, 0.2) is 89.1 Å². The number of anilines is 1. The average molecular weight is 495 g/mol. The molecule has 0 unspecified atom stereocenters. The predicted octanol–water partition coefficient (Wildman–Crippen LogP) is 5.73. The third-order valence-electron chi connectivity index (χ3n) is 5.24. The first-order chi connectivity index (χ1) is 16.4. The first-order valence-corrected chi connectivity index (χ1v) is 13.3. The van der Waals surface area contributed by atoms with Gasteiger partial charge in [0, 0.05) is 17.4 Å². The fourth-order valence-corrected chi connectivity index (χ4v) is 5.50. The van der Waals surface area contributed by atoms with Crippen LogP contribution in [0, 0.1) is 5.82 Å². The van der Waals surface area contributed by atoms with E-state index in [1.54, 1.807) is 0 Å². The van der Waals surface area contributed by atoms with Crippen molar-refractivity contribution in [2.75, 3.05) is 11.1 Å². The molecule has 1 aromatic heterocycles. The Bertz CT molecular complexity index is 1350. The molecule has 0 aliphatic heterocycles. The van der Waals surface area contributed by atoms with Crippen LogP contribution in [0.4, 0.5) is 9.52 Å². The molecule has 4 aromatic rings. The highest BCUT2D eigenvalue weighted by Crippen LogP contribution is 2.26. The maximum absolute atomic E-state index is 13.0. The van der Waals surface area contributed by atoms with Gasteiger partial charge >= 0.3 is 0 Å². The number of hydrogen-bond donors (Lipinski definition) is 1. The van der Waals surface area contributed by atoms with Gasteiger partial charge < -0.3 is 5.32 Å². The third kappa shape index (κ3) is 6.36. The molecule has 0 saturated carbocycles. The number of thiazole rings is 1. The molecule has 0 aliphatic carbocycles. The summed E-state index contributed by atoms with van der Waals surface area (Å²) in [6.45, 7) is 0. The number of hydrogen-bond acceptors (Lipinski definition) is 5. The van der Waals surface area contributed by atoms with Crippen LogP contribution in [-0.2, 0) is 21.1 Å². The molecule has 1 amide bonds. The zero-order valence-corrected chi connectivity index (χ0v) is 19.9. The van der Waals surface area contributed by atoms with E-state index in [2.05, 4.69) is 34.6 Å². The first kappa shape index (κ1) is 23.8. The summed E-state index contributed by atoms with van der Waals surface area (Å²) in [4.78, 5) is 16.8. The number of halogens is 1.